The van der Waals surface area contributed by atoms with Crippen molar-refractivity contribution < 1.29 is 9.53 Å². The summed E-state index contributed by atoms with van der Waals surface area (Å²) in [6.07, 6.45) is 4.05. The average Bonchev–Trinajstić information content (AvgIpc) is 3.56. The normalized spacial score (nSPS) is 15.6. The topological polar surface area (TPSA) is 58.5 Å². The zero-order valence-electron chi connectivity index (χ0n) is 22.1. The molecule has 1 unspecified atom stereocenters. The van der Waals surface area contributed by atoms with E-state index in [1.54, 1.807) is 19.2 Å². The van der Waals surface area contributed by atoms with E-state index in [2.05, 4.69) is 50.4 Å². The lowest BCUT2D eigenvalue weighted by atomic mass is 10.1. The molecular formula is C31H34Cl2N4O2. The summed E-state index contributed by atoms with van der Waals surface area (Å²) in [7, 11) is 1.67. The second kappa shape index (κ2) is 12.9. The number of nitrogens with one attached hydrogen (secondary N) is 2. The van der Waals surface area contributed by atoms with Crippen LogP contribution in [0.1, 0.15) is 34.3 Å². The van der Waals surface area contributed by atoms with E-state index in [4.69, 9.17) is 27.9 Å². The van der Waals surface area contributed by atoms with Crippen molar-refractivity contribution in [3.05, 3.63) is 99.7 Å². The molecule has 0 aliphatic carbocycles. The number of para-hydroxylation sites is 1. The van der Waals surface area contributed by atoms with Crippen molar-refractivity contribution in [2.75, 3.05) is 26.7 Å². The summed E-state index contributed by atoms with van der Waals surface area (Å²) in [5, 5.41) is 8.60. The molecule has 1 fully saturated rings. The van der Waals surface area contributed by atoms with Gasteiger partial charge < -0.3 is 19.9 Å². The van der Waals surface area contributed by atoms with E-state index in [9.17, 15) is 4.79 Å². The maximum atomic E-state index is 13.2. The van der Waals surface area contributed by atoms with E-state index < -0.39 is 0 Å². The van der Waals surface area contributed by atoms with Gasteiger partial charge in [-0.25, -0.2) is 0 Å². The van der Waals surface area contributed by atoms with Crippen molar-refractivity contribution in [1.82, 2.24) is 20.1 Å². The van der Waals surface area contributed by atoms with Crippen molar-refractivity contribution >= 4 is 40.0 Å². The molecule has 5 rings (SSSR count). The number of fused-ring (bicyclic) bond motifs is 1. The zero-order valence-corrected chi connectivity index (χ0v) is 23.6. The van der Waals surface area contributed by atoms with Gasteiger partial charge in [0, 0.05) is 50.3 Å². The van der Waals surface area contributed by atoms with Gasteiger partial charge in [-0.1, -0.05) is 71.7 Å². The molecule has 1 aromatic heterocycles. The summed E-state index contributed by atoms with van der Waals surface area (Å²) in [5.41, 5.74) is 3.82. The Hall–Kier alpha value is -3.03. The second-order valence-electron chi connectivity index (χ2n) is 10.0. The van der Waals surface area contributed by atoms with Crippen molar-refractivity contribution in [2.24, 2.45) is 0 Å². The number of nitrogens with zero attached hydrogens (tertiary/aromatic N) is 2. The molecule has 6 nitrogen and oxygen atoms in total. The number of halogens is 2. The number of hydrogen-bond donors (Lipinski definition) is 2. The summed E-state index contributed by atoms with van der Waals surface area (Å²) in [6, 6.07) is 22.4. The van der Waals surface area contributed by atoms with Crippen LogP contribution in [0, 0.1) is 0 Å². The smallest absolute Gasteiger partial charge is 0.253 e. The van der Waals surface area contributed by atoms with Crippen molar-refractivity contribution in [2.45, 2.75) is 38.5 Å². The lowest BCUT2D eigenvalue weighted by Gasteiger charge is -2.17. The highest BCUT2D eigenvalue weighted by atomic mass is 35.5. The quantitative estimate of drug-likeness (QED) is 0.215. The summed E-state index contributed by atoms with van der Waals surface area (Å²) in [4.78, 5) is 15.7. The van der Waals surface area contributed by atoms with Crippen LogP contribution in [0.3, 0.4) is 0 Å². The van der Waals surface area contributed by atoms with Gasteiger partial charge in [0.1, 0.15) is 5.75 Å². The molecule has 1 aliphatic rings. The highest BCUT2D eigenvalue weighted by Crippen LogP contribution is 2.30. The first-order valence-electron chi connectivity index (χ1n) is 13.4. The number of hydrogen-bond acceptors (Lipinski definition) is 4. The van der Waals surface area contributed by atoms with Crippen LogP contribution in [0.25, 0.3) is 10.9 Å². The number of benzene rings is 3. The van der Waals surface area contributed by atoms with E-state index in [1.165, 1.54) is 5.56 Å². The van der Waals surface area contributed by atoms with Crippen LogP contribution in [-0.2, 0) is 19.6 Å². The van der Waals surface area contributed by atoms with E-state index in [0.717, 1.165) is 67.8 Å². The SMILES string of the molecule is COc1cccc2c(C(=O)NCc3ccc(Cl)c(Cl)c3)cn(CCCNC3CCN(Cc4ccccc4)C3)c12. The standard InChI is InChI=1S/C31H34Cl2N4O2/c1-39-29-10-5-9-25-26(31(38)35-18-23-11-12-27(32)28(33)17-23)21-37(30(25)29)15-6-14-34-24-13-16-36(20-24)19-22-7-3-2-4-8-22/h2-5,7-12,17,21,24,34H,6,13-16,18-20H2,1H3,(H,35,38). The number of aromatic nitrogens is 1. The monoisotopic (exact) mass is 564 g/mol. The minimum absolute atomic E-state index is 0.138. The third-order valence-electron chi connectivity index (χ3n) is 7.29. The van der Waals surface area contributed by atoms with Crippen molar-refractivity contribution in [3.8, 4) is 5.75 Å². The maximum absolute atomic E-state index is 13.2. The number of carbonyl (C=O) groups is 1. The molecule has 2 heterocycles. The van der Waals surface area contributed by atoms with E-state index in [0.29, 0.717) is 28.2 Å². The van der Waals surface area contributed by atoms with Crippen LogP contribution in [-0.4, -0.2) is 48.2 Å². The van der Waals surface area contributed by atoms with Crippen LogP contribution >= 0.6 is 23.2 Å². The first kappa shape index (κ1) is 27.5. The lowest BCUT2D eigenvalue weighted by Crippen LogP contribution is -2.33. The predicted molar refractivity (Wildman–Crippen MR) is 159 cm³/mol. The molecule has 4 aromatic rings. The van der Waals surface area contributed by atoms with Gasteiger partial charge in [-0.15, -0.1) is 0 Å². The Labute approximate surface area is 239 Å². The summed E-state index contributed by atoms with van der Waals surface area (Å²) in [5.74, 6) is 0.622. The lowest BCUT2D eigenvalue weighted by molar-refractivity contribution is 0.0952. The molecule has 2 N–H and O–H groups in total. The first-order chi connectivity index (χ1) is 19.0. The van der Waals surface area contributed by atoms with Crippen LogP contribution in [0.2, 0.25) is 10.0 Å². The molecule has 1 atom stereocenters. The van der Waals surface area contributed by atoms with Gasteiger partial charge in [0.05, 0.1) is 28.2 Å². The molecule has 8 heteroatoms. The fourth-order valence-corrected chi connectivity index (χ4v) is 5.64. The van der Waals surface area contributed by atoms with Gasteiger partial charge >= 0.3 is 0 Å². The van der Waals surface area contributed by atoms with Crippen molar-refractivity contribution in [1.29, 1.82) is 0 Å². The number of ether oxygens (including phenoxy) is 1. The average molecular weight is 566 g/mol. The number of amides is 1. The highest BCUT2D eigenvalue weighted by Gasteiger charge is 2.22. The van der Waals surface area contributed by atoms with Gasteiger partial charge in [-0.3, -0.25) is 9.69 Å². The summed E-state index contributed by atoms with van der Waals surface area (Å²) in [6.45, 7) is 5.25. The Kier molecular flexibility index (Phi) is 9.09. The van der Waals surface area contributed by atoms with Crippen molar-refractivity contribution in [3.63, 3.8) is 0 Å². The first-order valence-corrected chi connectivity index (χ1v) is 14.1. The largest absolute Gasteiger partial charge is 0.495 e. The van der Waals surface area contributed by atoms with Gasteiger partial charge in [0.2, 0.25) is 0 Å². The van der Waals surface area contributed by atoms with Gasteiger partial charge in [0.15, 0.2) is 0 Å². The van der Waals surface area contributed by atoms with Gasteiger partial charge in [-0.2, -0.15) is 0 Å². The van der Waals surface area contributed by atoms with E-state index in [-0.39, 0.29) is 5.91 Å². The minimum Gasteiger partial charge on any atom is -0.495 e. The van der Waals surface area contributed by atoms with Crippen LogP contribution in [0.15, 0.2) is 72.9 Å². The summed E-state index contributed by atoms with van der Waals surface area (Å²) >= 11 is 12.2. The number of methoxy groups -OCH3 is 1. The molecule has 0 radical (unpaired) electrons. The Balaban J connectivity index is 1.19. The molecule has 3 aromatic carbocycles. The number of rotatable bonds is 11. The van der Waals surface area contributed by atoms with Gasteiger partial charge in [0.25, 0.3) is 5.91 Å². The second-order valence-corrected chi connectivity index (χ2v) is 10.9. The Morgan fingerprint density at radius 2 is 1.87 bits per heavy atom. The Morgan fingerprint density at radius 3 is 2.67 bits per heavy atom. The van der Waals surface area contributed by atoms with Crippen LogP contribution in [0.4, 0.5) is 0 Å². The third kappa shape index (κ3) is 6.76. The number of carbonyl (C=O) groups excluding carboxylic acids is 1. The number of likely N-dealkylation sites (tertiary alicyclic amines) is 1. The molecule has 1 aliphatic heterocycles. The molecule has 39 heavy (non-hydrogen) atoms. The Morgan fingerprint density at radius 1 is 1.03 bits per heavy atom. The predicted octanol–water partition coefficient (Wildman–Crippen LogP) is 6.14. The fraction of sp³-hybridized carbons (Fsp3) is 0.323. The third-order valence-corrected chi connectivity index (χ3v) is 8.03. The fourth-order valence-electron chi connectivity index (χ4n) is 5.32. The van der Waals surface area contributed by atoms with Crippen LogP contribution < -0.4 is 15.4 Å². The maximum Gasteiger partial charge on any atom is 0.253 e. The van der Waals surface area contributed by atoms with Crippen LogP contribution in [0.5, 0.6) is 5.75 Å². The molecule has 0 saturated carbocycles. The van der Waals surface area contributed by atoms with Gasteiger partial charge in [-0.05, 0) is 48.7 Å². The molecule has 204 valence electrons. The Bertz CT molecular complexity index is 1420. The zero-order chi connectivity index (χ0) is 27.2. The molecular weight excluding hydrogens is 531 g/mol. The molecule has 0 spiro atoms. The highest BCUT2D eigenvalue weighted by molar-refractivity contribution is 6.42. The molecule has 1 amide bonds. The summed E-state index contributed by atoms with van der Waals surface area (Å²) < 4.78 is 7.80. The molecule has 0 bridgehead atoms. The minimum atomic E-state index is -0.138. The van der Waals surface area contributed by atoms with E-state index >= 15 is 0 Å². The number of aryl methyl sites for hydroxylation is 1. The van der Waals surface area contributed by atoms with E-state index in [1.807, 2.05) is 30.5 Å². The molecule has 1 saturated heterocycles.